The van der Waals surface area contributed by atoms with Crippen molar-refractivity contribution in [3.8, 4) is 5.75 Å². The Morgan fingerprint density at radius 3 is 2.37 bits per heavy atom. The molecule has 0 N–H and O–H groups in total. The Bertz CT molecular complexity index is 1050. The summed E-state index contributed by atoms with van der Waals surface area (Å²) in [6.07, 6.45) is -0.851. The molecular formula is C23H20N2O4S. The number of amides is 2. The second-order valence-electron chi connectivity index (χ2n) is 7.11. The minimum Gasteiger partial charge on any atom is -0.494 e. The number of anilines is 2. The van der Waals surface area contributed by atoms with Gasteiger partial charge in [0.25, 0.3) is 5.91 Å². The summed E-state index contributed by atoms with van der Waals surface area (Å²) in [4.78, 5) is 35.0. The molecule has 2 aromatic carbocycles. The number of para-hydroxylation sites is 1. The van der Waals surface area contributed by atoms with E-state index in [0.717, 1.165) is 10.6 Å². The first kappa shape index (κ1) is 18.8. The van der Waals surface area contributed by atoms with Crippen molar-refractivity contribution in [2.24, 2.45) is 5.92 Å². The highest BCUT2D eigenvalue weighted by Gasteiger charge is 2.60. The number of fused-ring (bicyclic) bond motifs is 1. The van der Waals surface area contributed by atoms with Crippen LogP contribution >= 0.6 is 11.3 Å². The summed E-state index contributed by atoms with van der Waals surface area (Å²) in [5.74, 6) is -0.494. The Morgan fingerprint density at radius 1 is 0.933 bits per heavy atom. The van der Waals surface area contributed by atoms with Crippen LogP contribution in [-0.2, 0) is 14.4 Å². The zero-order valence-electron chi connectivity index (χ0n) is 16.3. The van der Waals surface area contributed by atoms with Crippen LogP contribution in [0.15, 0.2) is 72.1 Å². The number of rotatable bonds is 5. The van der Waals surface area contributed by atoms with Crippen LogP contribution in [0.25, 0.3) is 0 Å². The van der Waals surface area contributed by atoms with Gasteiger partial charge in [0, 0.05) is 4.88 Å². The van der Waals surface area contributed by atoms with Gasteiger partial charge >= 0.3 is 0 Å². The van der Waals surface area contributed by atoms with Gasteiger partial charge in [-0.2, -0.15) is 0 Å². The Balaban J connectivity index is 1.51. The molecule has 2 aliphatic rings. The number of benzene rings is 2. The molecule has 7 heteroatoms. The van der Waals surface area contributed by atoms with E-state index in [-0.39, 0.29) is 17.9 Å². The second-order valence-corrected chi connectivity index (χ2v) is 8.09. The van der Waals surface area contributed by atoms with Crippen molar-refractivity contribution in [3.63, 3.8) is 0 Å². The third-order valence-electron chi connectivity index (χ3n) is 5.37. The zero-order valence-corrected chi connectivity index (χ0v) is 17.1. The molecule has 3 atom stereocenters. The molecular weight excluding hydrogens is 400 g/mol. The van der Waals surface area contributed by atoms with Gasteiger partial charge in [0.15, 0.2) is 6.10 Å². The molecule has 0 radical (unpaired) electrons. The van der Waals surface area contributed by atoms with Gasteiger partial charge in [-0.1, -0.05) is 24.3 Å². The summed E-state index contributed by atoms with van der Waals surface area (Å²) in [6.45, 7) is 2.46. The van der Waals surface area contributed by atoms with Gasteiger partial charge in [0.1, 0.15) is 17.7 Å². The summed E-state index contributed by atoms with van der Waals surface area (Å²) >= 11 is 1.56. The van der Waals surface area contributed by atoms with E-state index in [1.165, 1.54) is 4.90 Å². The van der Waals surface area contributed by atoms with Crippen LogP contribution in [0.5, 0.6) is 5.75 Å². The Kier molecular flexibility index (Phi) is 4.77. The number of hydrogen-bond donors (Lipinski definition) is 0. The fourth-order valence-electron chi connectivity index (χ4n) is 4.07. The Morgan fingerprint density at radius 2 is 1.70 bits per heavy atom. The maximum absolute atomic E-state index is 13.5. The number of hydroxylamine groups is 1. The molecule has 2 aliphatic heterocycles. The van der Waals surface area contributed by atoms with Crippen molar-refractivity contribution >= 4 is 34.5 Å². The van der Waals surface area contributed by atoms with Crippen LogP contribution in [0, 0.1) is 5.92 Å². The highest BCUT2D eigenvalue weighted by atomic mass is 32.1. The maximum atomic E-state index is 13.5. The lowest BCUT2D eigenvalue weighted by atomic mass is 9.95. The van der Waals surface area contributed by atoms with Crippen LogP contribution in [0.2, 0.25) is 0 Å². The maximum Gasteiger partial charge on any atom is 0.266 e. The molecule has 5 rings (SSSR count). The number of hydrogen-bond acceptors (Lipinski definition) is 6. The fourth-order valence-corrected chi connectivity index (χ4v) is 4.93. The molecule has 2 saturated heterocycles. The molecule has 2 fully saturated rings. The molecule has 30 heavy (non-hydrogen) atoms. The summed E-state index contributed by atoms with van der Waals surface area (Å²) in [6, 6.07) is 20.1. The molecule has 0 bridgehead atoms. The lowest BCUT2D eigenvalue weighted by Gasteiger charge is -2.27. The van der Waals surface area contributed by atoms with E-state index in [1.54, 1.807) is 40.7 Å². The molecule has 6 nitrogen and oxygen atoms in total. The molecule has 152 valence electrons. The molecule has 3 aromatic rings. The highest BCUT2D eigenvalue weighted by Crippen LogP contribution is 2.48. The van der Waals surface area contributed by atoms with Crippen molar-refractivity contribution in [2.75, 3.05) is 16.6 Å². The average Bonchev–Trinajstić information content (AvgIpc) is 3.48. The van der Waals surface area contributed by atoms with Gasteiger partial charge in [0.2, 0.25) is 5.91 Å². The van der Waals surface area contributed by atoms with Crippen LogP contribution < -0.4 is 14.7 Å². The predicted octanol–water partition coefficient (Wildman–Crippen LogP) is 4.20. The van der Waals surface area contributed by atoms with Gasteiger partial charge in [0.05, 0.1) is 18.0 Å². The summed E-state index contributed by atoms with van der Waals surface area (Å²) < 4.78 is 5.46. The number of nitrogens with zero attached hydrogens (tertiary/aromatic N) is 2. The van der Waals surface area contributed by atoms with Crippen molar-refractivity contribution < 1.29 is 19.2 Å². The van der Waals surface area contributed by atoms with E-state index in [1.807, 2.05) is 54.8 Å². The molecule has 2 amide bonds. The summed E-state index contributed by atoms with van der Waals surface area (Å²) in [5, 5.41) is 3.68. The Hall–Kier alpha value is -3.16. The summed E-state index contributed by atoms with van der Waals surface area (Å²) in [5.41, 5.74) is 1.35. The SMILES string of the molecule is CCOc1ccc(N2C(=O)[C@H]3[C@@H](c4cccs4)N(c4ccccc4)O[C@H]3C2=O)cc1. The smallest absolute Gasteiger partial charge is 0.266 e. The monoisotopic (exact) mass is 420 g/mol. The lowest BCUT2D eigenvalue weighted by Crippen LogP contribution is -2.37. The molecule has 1 aromatic heterocycles. The van der Waals surface area contributed by atoms with Gasteiger partial charge in [-0.05, 0) is 54.8 Å². The van der Waals surface area contributed by atoms with E-state index in [0.29, 0.717) is 18.0 Å². The van der Waals surface area contributed by atoms with Crippen LogP contribution in [0.1, 0.15) is 17.8 Å². The van der Waals surface area contributed by atoms with E-state index >= 15 is 0 Å². The van der Waals surface area contributed by atoms with Crippen molar-refractivity contribution in [1.29, 1.82) is 0 Å². The molecule has 0 aliphatic carbocycles. The van der Waals surface area contributed by atoms with Gasteiger partial charge in [-0.3, -0.25) is 14.4 Å². The largest absolute Gasteiger partial charge is 0.494 e. The van der Waals surface area contributed by atoms with Gasteiger partial charge < -0.3 is 4.74 Å². The normalized spacial score (nSPS) is 23.2. The van der Waals surface area contributed by atoms with Crippen LogP contribution in [0.4, 0.5) is 11.4 Å². The number of imide groups is 1. The van der Waals surface area contributed by atoms with E-state index in [2.05, 4.69) is 0 Å². The quantitative estimate of drug-likeness (QED) is 0.579. The molecule has 0 saturated carbocycles. The molecule has 0 spiro atoms. The number of carbonyl (C=O) groups excluding carboxylic acids is 2. The average molecular weight is 420 g/mol. The van der Waals surface area contributed by atoms with Gasteiger partial charge in [-0.15, -0.1) is 11.3 Å². The highest BCUT2D eigenvalue weighted by molar-refractivity contribution is 7.10. The van der Waals surface area contributed by atoms with E-state index in [4.69, 9.17) is 9.57 Å². The first-order valence-electron chi connectivity index (χ1n) is 9.84. The topological polar surface area (TPSA) is 59.1 Å². The summed E-state index contributed by atoms with van der Waals surface area (Å²) in [7, 11) is 0. The van der Waals surface area contributed by atoms with Crippen LogP contribution in [-0.4, -0.2) is 24.5 Å². The standard InChI is InChI=1S/C23H20N2O4S/c1-2-28-17-12-10-15(11-13-17)24-22(26)19-20(18-9-6-14-30-18)25(29-21(19)23(24)27)16-7-4-3-5-8-16/h3-14,19-21H,2H2,1H3/t19-,20+,21+/m0/s1. The minimum atomic E-state index is -0.851. The zero-order chi connectivity index (χ0) is 20.7. The van der Waals surface area contributed by atoms with Crippen LogP contribution in [0.3, 0.4) is 0 Å². The van der Waals surface area contributed by atoms with E-state index in [9.17, 15) is 9.59 Å². The number of carbonyl (C=O) groups is 2. The Labute approximate surface area is 178 Å². The van der Waals surface area contributed by atoms with Crippen molar-refractivity contribution in [2.45, 2.75) is 19.1 Å². The van der Waals surface area contributed by atoms with Gasteiger partial charge in [-0.25, -0.2) is 9.96 Å². The fraction of sp³-hybridized carbons (Fsp3) is 0.217. The lowest BCUT2D eigenvalue weighted by molar-refractivity contribution is -0.126. The van der Waals surface area contributed by atoms with Crippen molar-refractivity contribution in [1.82, 2.24) is 0 Å². The number of thiophene rings is 1. The third kappa shape index (κ3) is 2.98. The second kappa shape index (κ2) is 7.59. The minimum absolute atomic E-state index is 0.244. The third-order valence-corrected chi connectivity index (χ3v) is 6.31. The predicted molar refractivity (Wildman–Crippen MR) is 114 cm³/mol. The number of ether oxygens (including phenoxy) is 1. The molecule has 0 unspecified atom stereocenters. The first-order valence-corrected chi connectivity index (χ1v) is 10.7. The van der Waals surface area contributed by atoms with Crippen molar-refractivity contribution in [3.05, 3.63) is 77.0 Å². The van der Waals surface area contributed by atoms with E-state index < -0.39 is 12.0 Å². The molecule has 3 heterocycles. The first-order chi connectivity index (χ1) is 14.7.